The molecule has 0 aliphatic heterocycles. The maximum Gasteiger partial charge on any atom is 0.277 e. The normalized spacial score (nSPS) is 11.0. The Bertz CT molecular complexity index is 1080. The van der Waals surface area contributed by atoms with Crippen molar-refractivity contribution in [3.63, 3.8) is 0 Å². The van der Waals surface area contributed by atoms with Crippen molar-refractivity contribution in [3.05, 3.63) is 65.8 Å². The summed E-state index contributed by atoms with van der Waals surface area (Å²) in [6, 6.07) is 14.1. The number of nitrogens with one attached hydrogen (secondary N) is 1. The number of thiazole rings is 1. The molecule has 2 aromatic carbocycles. The molecule has 0 spiro atoms. The number of carbonyl (C=O) groups excluding carboxylic acids is 1. The molecule has 1 amide bonds. The number of thioether (sulfide) groups is 1. The van der Waals surface area contributed by atoms with Crippen molar-refractivity contribution in [1.29, 1.82) is 0 Å². The second kappa shape index (κ2) is 7.85. The Morgan fingerprint density at radius 3 is 2.89 bits per heavy atom. The SMILES string of the molecule is O=C(CSc1nnc(Cc2ccccc2)o1)Nc1nc2ccc(F)cc2s1. The molecule has 1 N–H and O–H groups in total. The molecule has 0 aliphatic rings. The molecule has 6 nitrogen and oxygen atoms in total. The van der Waals surface area contributed by atoms with E-state index in [1.807, 2.05) is 30.3 Å². The molecular formula is C18H13FN4O2S2. The van der Waals surface area contributed by atoms with Crippen LogP contribution in [0, 0.1) is 5.82 Å². The zero-order chi connectivity index (χ0) is 18.6. The maximum atomic E-state index is 13.2. The third kappa shape index (κ3) is 4.50. The second-order valence-corrected chi connectivity index (χ2v) is 7.55. The average Bonchev–Trinajstić information content (AvgIpc) is 3.26. The van der Waals surface area contributed by atoms with Crippen LogP contribution in [0.4, 0.5) is 9.52 Å². The minimum atomic E-state index is -0.331. The van der Waals surface area contributed by atoms with Crippen LogP contribution in [0.15, 0.2) is 58.2 Å². The topological polar surface area (TPSA) is 80.9 Å². The molecule has 0 unspecified atom stereocenters. The van der Waals surface area contributed by atoms with E-state index < -0.39 is 0 Å². The lowest BCUT2D eigenvalue weighted by Crippen LogP contribution is -2.13. The van der Waals surface area contributed by atoms with Crippen LogP contribution in [0.1, 0.15) is 11.5 Å². The minimum Gasteiger partial charge on any atom is -0.416 e. The monoisotopic (exact) mass is 400 g/mol. The van der Waals surface area contributed by atoms with Crippen LogP contribution in [0.5, 0.6) is 0 Å². The number of amides is 1. The van der Waals surface area contributed by atoms with E-state index in [9.17, 15) is 9.18 Å². The van der Waals surface area contributed by atoms with Gasteiger partial charge in [0.1, 0.15) is 5.82 Å². The number of hydrogen-bond acceptors (Lipinski definition) is 7. The van der Waals surface area contributed by atoms with Gasteiger partial charge >= 0.3 is 0 Å². The standard InChI is InChI=1S/C18H13FN4O2S2/c19-12-6-7-13-14(9-12)27-17(20-13)21-15(24)10-26-18-23-22-16(25-18)8-11-4-2-1-3-5-11/h1-7,9H,8,10H2,(H,20,21,24). The summed E-state index contributed by atoms with van der Waals surface area (Å²) in [4.78, 5) is 16.4. The molecule has 0 fully saturated rings. The summed E-state index contributed by atoms with van der Waals surface area (Å²) < 4.78 is 19.5. The molecule has 0 radical (unpaired) electrons. The first-order valence-corrected chi connectivity index (χ1v) is 9.81. The molecule has 2 aromatic heterocycles. The Balaban J connectivity index is 1.32. The van der Waals surface area contributed by atoms with Gasteiger partial charge in [-0.1, -0.05) is 53.4 Å². The van der Waals surface area contributed by atoms with Crippen molar-refractivity contribution < 1.29 is 13.6 Å². The molecule has 0 bridgehead atoms. The van der Waals surface area contributed by atoms with Crippen LogP contribution < -0.4 is 5.32 Å². The van der Waals surface area contributed by atoms with Gasteiger partial charge in [0.2, 0.25) is 11.8 Å². The fourth-order valence-electron chi connectivity index (χ4n) is 2.37. The van der Waals surface area contributed by atoms with Gasteiger partial charge in [0.05, 0.1) is 22.4 Å². The highest BCUT2D eigenvalue weighted by Crippen LogP contribution is 2.27. The Morgan fingerprint density at radius 2 is 2.04 bits per heavy atom. The number of halogens is 1. The van der Waals surface area contributed by atoms with E-state index in [0.717, 1.165) is 17.3 Å². The lowest BCUT2D eigenvalue weighted by Gasteiger charge is -1.98. The van der Waals surface area contributed by atoms with Crippen LogP contribution in [-0.2, 0) is 11.2 Å². The first kappa shape index (κ1) is 17.6. The molecule has 136 valence electrons. The Labute approximate surface area is 161 Å². The van der Waals surface area contributed by atoms with Gasteiger partial charge in [-0.05, 0) is 23.8 Å². The maximum absolute atomic E-state index is 13.2. The number of anilines is 1. The number of rotatable bonds is 6. The molecule has 9 heteroatoms. The zero-order valence-corrected chi connectivity index (χ0v) is 15.5. The number of benzene rings is 2. The third-order valence-corrected chi connectivity index (χ3v) is 5.32. The third-order valence-electron chi connectivity index (χ3n) is 3.57. The van der Waals surface area contributed by atoms with Gasteiger partial charge in [-0.25, -0.2) is 9.37 Å². The molecule has 0 saturated carbocycles. The van der Waals surface area contributed by atoms with E-state index in [-0.39, 0.29) is 17.5 Å². The van der Waals surface area contributed by atoms with E-state index in [0.29, 0.717) is 32.9 Å². The largest absolute Gasteiger partial charge is 0.416 e. The summed E-state index contributed by atoms with van der Waals surface area (Å²) in [5.41, 5.74) is 1.72. The number of nitrogens with zero attached hydrogens (tertiary/aromatic N) is 3. The van der Waals surface area contributed by atoms with Crippen LogP contribution >= 0.6 is 23.1 Å². The van der Waals surface area contributed by atoms with E-state index >= 15 is 0 Å². The van der Waals surface area contributed by atoms with Crippen molar-refractivity contribution in [2.75, 3.05) is 11.1 Å². The molecule has 4 rings (SSSR count). The van der Waals surface area contributed by atoms with E-state index in [4.69, 9.17) is 4.42 Å². The molecule has 0 saturated heterocycles. The molecule has 0 atom stereocenters. The summed E-state index contributed by atoms with van der Waals surface area (Å²) in [5.74, 6) is 0.0268. The van der Waals surface area contributed by atoms with Crippen molar-refractivity contribution in [2.45, 2.75) is 11.6 Å². The predicted molar refractivity (Wildman–Crippen MR) is 102 cm³/mol. The van der Waals surface area contributed by atoms with Crippen molar-refractivity contribution in [1.82, 2.24) is 15.2 Å². The Hall–Kier alpha value is -2.78. The average molecular weight is 400 g/mol. The van der Waals surface area contributed by atoms with Crippen LogP contribution in [-0.4, -0.2) is 26.8 Å². The lowest BCUT2D eigenvalue weighted by molar-refractivity contribution is -0.113. The highest BCUT2D eigenvalue weighted by Gasteiger charge is 2.12. The number of carbonyl (C=O) groups is 1. The first-order chi connectivity index (χ1) is 13.2. The van der Waals surface area contributed by atoms with Crippen molar-refractivity contribution >= 4 is 44.4 Å². The van der Waals surface area contributed by atoms with E-state index in [1.165, 1.54) is 23.5 Å². The number of fused-ring (bicyclic) bond motifs is 1. The molecule has 2 heterocycles. The highest BCUT2D eigenvalue weighted by molar-refractivity contribution is 7.99. The Kier molecular flexibility index (Phi) is 5.12. The quantitative estimate of drug-likeness (QED) is 0.490. The summed E-state index contributed by atoms with van der Waals surface area (Å²) >= 11 is 2.38. The van der Waals surface area contributed by atoms with E-state index in [2.05, 4.69) is 20.5 Å². The fraction of sp³-hybridized carbons (Fsp3) is 0.111. The molecular weight excluding hydrogens is 387 g/mol. The predicted octanol–water partition coefficient (Wildman–Crippen LogP) is 4.14. The number of hydrogen-bond donors (Lipinski definition) is 1. The van der Waals surface area contributed by atoms with Gasteiger partial charge in [-0.15, -0.1) is 10.2 Å². The number of aromatic nitrogens is 3. The van der Waals surface area contributed by atoms with Gasteiger partial charge in [0.25, 0.3) is 5.22 Å². The molecule has 27 heavy (non-hydrogen) atoms. The van der Waals surface area contributed by atoms with E-state index in [1.54, 1.807) is 6.07 Å². The minimum absolute atomic E-state index is 0.108. The van der Waals surface area contributed by atoms with Gasteiger partial charge in [-0.3, -0.25) is 4.79 Å². The van der Waals surface area contributed by atoms with Gasteiger partial charge < -0.3 is 9.73 Å². The highest BCUT2D eigenvalue weighted by atomic mass is 32.2. The van der Waals surface area contributed by atoms with Crippen LogP contribution in [0.25, 0.3) is 10.2 Å². The summed E-state index contributed by atoms with van der Waals surface area (Å²) in [7, 11) is 0. The first-order valence-electron chi connectivity index (χ1n) is 8.01. The fourth-order valence-corrected chi connectivity index (χ4v) is 3.86. The zero-order valence-electron chi connectivity index (χ0n) is 13.9. The van der Waals surface area contributed by atoms with Gasteiger partial charge in [0.15, 0.2) is 5.13 Å². The Morgan fingerprint density at radius 1 is 1.19 bits per heavy atom. The second-order valence-electron chi connectivity index (χ2n) is 5.59. The summed E-state index contributed by atoms with van der Waals surface area (Å²) in [6.45, 7) is 0. The molecule has 0 aliphatic carbocycles. The summed E-state index contributed by atoms with van der Waals surface area (Å²) in [6.07, 6.45) is 0.545. The van der Waals surface area contributed by atoms with Crippen LogP contribution in [0.3, 0.4) is 0 Å². The smallest absolute Gasteiger partial charge is 0.277 e. The van der Waals surface area contributed by atoms with Gasteiger partial charge in [-0.2, -0.15) is 0 Å². The van der Waals surface area contributed by atoms with Gasteiger partial charge in [0, 0.05) is 0 Å². The van der Waals surface area contributed by atoms with Crippen molar-refractivity contribution in [2.24, 2.45) is 0 Å². The summed E-state index contributed by atoms with van der Waals surface area (Å²) in [5, 5.41) is 11.4. The van der Waals surface area contributed by atoms with Crippen LogP contribution in [0.2, 0.25) is 0 Å². The molecule has 4 aromatic rings. The lowest BCUT2D eigenvalue weighted by atomic mass is 10.2. The van der Waals surface area contributed by atoms with Crippen molar-refractivity contribution in [3.8, 4) is 0 Å².